The second kappa shape index (κ2) is 9.32. The van der Waals surface area contributed by atoms with Crippen LogP contribution in [-0.2, 0) is 27.1 Å². The molecule has 6 nitrogen and oxygen atoms in total. The molecule has 4 rings (SSSR count). The first-order valence-electron chi connectivity index (χ1n) is 10.7. The number of imidazole rings is 1. The van der Waals surface area contributed by atoms with Crippen LogP contribution >= 0.6 is 11.8 Å². The molecule has 0 bridgehead atoms. The summed E-state index contributed by atoms with van der Waals surface area (Å²) in [6.07, 6.45) is 0.987. The Balaban J connectivity index is 1.64. The number of sulfonamides is 1. The van der Waals surface area contributed by atoms with Crippen molar-refractivity contribution >= 4 is 32.8 Å². The Hall–Kier alpha value is -1.87. The molecule has 0 radical (unpaired) electrons. The summed E-state index contributed by atoms with van der Waals surface area (Å²) in [5.74, 6) is 1.71. The molecule has 1 fully saturated rings. The van der Waals surface area contributed by atoms with Crippen molar-refractivity contribution in [1.82, 2.24) is 13.9 Å². The zero-order valence-corrected chi connectivity index (χ0v) is 19.9. The van der Waals surface area contributed by atoms with E-state index in [4.69, 9.17) is 9.72 Å². The molecule has 1 aliphatic rings. The fraction of sp³-hybridized carbons (Fsp3) is 0.435. The molecular formula is C23H29N3O3S2. The van der Waals surface area contributed by atoms with Gasteiger partial charge in [0.25, 0.3) is 0 Å². The lowest BCUT2D eigenvalue weighted by molar-refractivity contribution is 0.0730. The highest BCUT2D eigenvalue weighted by Crippen LogP contribution is 2.28. The quantitative estimate of drug-likeness (QED) is 0.491. The first kappa shape index (κ1) is 22.3. The van der Waals surface area contributed by atoms with Gasteiger partial charge >= 0.3 is 0 Å². The predicted octanol–water partition coefficient (Wildman–Crippen LogP) is 4.38. The molecule has 31 heavy (non-hydrogen) atoms. The number of morpholine rings is 1. The van der Waals surface area contributed by atoms with E-state index in [0.717, 1.165) is 35.6 Å². The first-order valence-corrected chi connectivity index (χ1v) is 13.1. The molecule has 166 valence electrons. The Bertz CT molecular complexity index is 1180. The number of benzene rings is 2. The average Bonchev–Trinajstić information content (AvgIpc) is 3.12. The molecule has 0 N–H and O–H groups in total. The smallest absolute Gasteiger partial charge is 0.243 e. The van der Waals surface area contributed by atoms with E-state index in [1.54, 1.807) is 23.9 Å². The van der Waals surface area contributed by atoms with Crippen LogP contribution in [0.1, 0.15) is 30.3 Å². The molecule has 0 saturated carbocycles. The van der Waals surface area contributed by atoms with E-state index in [2.05, 4.69) is 43.5 Å². The summed E-state index contributed by atoms with van der Waals surface area (Å²) in [5, 5.41) is 0. The van der Waals surface area contributed by atoms with Gasteiger partial charge in [-0.3, -0.25) is 0 Å². The van der Waals surface area contributed by atoms with Crippen molar-refractivity contribution in [2.45, 2.75) is 49.3 Å². The van der Waals surface area contributed by atoms with Crippen LogP contribution in [0.15, 0.2) is 46.2 Å². The molecule has 0 aliphatic carbocycles. The largest absolute Gasteiger partial charge is 0.379 e. The van der Waals surface area contributed by atoms with E-state index in [-0.39, 0.29) is 0 Å². The third kappa shape index (κ3) is 4.67. The molecule has 0 unspecified atom stereocenters. The zero-order chi connectivity index (χ0) is 22.0. The number of nitrogens with zero attached hydrogens (tertiary/aromatic N) is 3. The lowest BCUT2D eigenvalue weighted by Gasteiger charge is -2.26. The van der Waals surface area contributed by atoms with E-state index in [9.17, 15) is 8.42 Å². The van der Waals surface area contributed by atoms with Gasteiger partial charge in [0.2, 0.25) is 10.0 Å². The number of hydrogen-bond acceptors (Lipinski definition) is 5. The molecule has 1 aromatic heterocycles. The van der Waals surface area contributed by atoms with Gasteiger partial charge < -0.3 is 9.30 Å². The van der Waals surface area contributed by atoms with Gasteiger partial charge in [-0.2, -0.15) is 4.31 Å². The summed E-state index contributed by atoms with van der Waals surface area (Å²) >= 11 is 1.76. The number of rotatable bonds is 7. The van der Waals surface area contributed by atoms with Gasteiger partial charge in [-0.15, -0.1) is 11.8 Å². The Morgan fingerprint density at radius 3 is 2.55 bits per heavy atom. The highest BCUT2D eigenvalue weighted by molar-refractivity contribution is 7.98. The van der Waals surface area contributed by atoms with Crippen molar-refractivity contribution in [2.24, 2.45) is 0 Å². The maximum atomic E-state index is 13.1. The standard InChI is InChI=1S/C23H29N3O3S2/c1-4-9-26-22-8-7-20(31(27,28)25-10-12-29-13-11-25)15-21(22)24-23(26)16-30-19-6-5-17(2)18(3)14-19/h5-8,14-15H,4,9-13,16H2,1-3H3. The van der Waals surface area contributed by atoms with Crippen molar-refractivity contribution in [2.75, 3.05) is 26.3 Å². The first-order chi connectivity index (χ1) is 14.9. The summed E-state index contributed by atoms with van der Waals surface area (Å²) in [4.78, 5) is 6.36. The lowest BCUT2D eigenvalue weighted by atomic mass is 10.1. The third-order valence-electron chi connectivity index (χ3n) is 5.70. The van der Waals surface area contributed by atoms with Gasteiger partial charge in [-0.05, 0) is 61.7 Å². The summed E-state index contributed by atoms with van der Waals surface area (Å²) < 4.78 is 35.1. The summed E-state index contributed by atoms with van der Waals surface area (Å²) in [5.41, 5.74) is 4.29. The fourth-order valence-electron chi connectivity index (χ4n) is 3.79. The van der Waals surface area contributed by atoms with Gasteiger partial charge in [0.1, 0.15) is 5.82 Å². The molecule has 0 amide bonds. The van der Waals surface area contributed by atoms with Crippen molar-refractivity contribution in [3.8, 4) is 0 Å². The van der Waals surface area contributed by atoms with Gasteiger partial charge in [-0.1, -0.05) is 13.0 Å². The maximum absolute atomic E-state index is 13.1. The highest BCUT2D eigenvalue weighted by atomic mass is 32.2. The average molecular weight is 460 g/mol. The monoisotopic (exact) mass is 459 g/mol. The topological polar surface area (TPSA) is 64.4 Å². The van der Waals surface area contributed by atoms with Gasteiger partial charge in [0.15, 0.2) is 0 Å². The van der Waals surface area contributed by atoms with Crippen molar-refractivity contribution < 1.29 is 13.2 Å². The Morgan fingerprint density at radius 2 is 1.84 bits per heavy atom. The van der Waals surface area contributed by atoms with Crippen LogP contribution in [0.25, 0.3) is 11.0 Å². The molecule has 1 aliphatic heterocycles. The second-order valence-electron chi connectivity index (χ2n) is 7.88. The van der Waals surface area contributed by atoms with Gasteiger partial charge in [0.05, 0.1) is 34.9 Å². The number of ether oxygens (including phenoxy) is 1. The summed E-state index contributed by atoms with van der Waals surface area (Å²) in [7, 11) is -3.53. The minimum absolute atomic E-state index is 0.302. The SMILES string of the molecule is CCCn1c(CSc2ccc(C)c(C)c2)nc2cc(S(=O)(=O)N3CCOCC3)ccc21. The molecule has 0 atom stereocenters. The summed E-state index contributed by atoms with van der Waals surface area (Å²) in [6.45, 7) is 8.90. The maximum Gasteiger partial charge on any atom is 0.243 e. The van der Waals surface area contributed by atoms with Crippen LogP contribution in [0.3, 0.4) is 0 Å². The number of aromatic nitrogens is 2. The number of hydrogen-bond donors (Lipinski definition) is 0. The Labute approximate surface area is 188 Å². The Morgan fingerprint density at radius 1 is 1.06 bits per heavy atom. The number of aryl methyl sites for hydroxylation is 3. The second-order valence-corrected chi connectivity index (χ2v) is 10.9. The molecule has 3 aromatic rings. The van der Waals surface area contributed by atoms with Crippen LogP contribution in [-0.4, -0.2) is 48.6 Å². The molecule has 0 spiro atoms. The van der Waals surface area contributed by atoms with Crippen LogP contribution in [0, 0.1) is 13.8 Å². The Kier molecular flexibility index (Phi) is 6.71. The van der Waals surface area contributed by atoms with Gasteiger partial charge in [-0.25, -0.2) is 13.4 Å². The van der Waals surface area contributed by atoms with Crippen molar-refractivity contribution in [3.63, 3.8) is 0 Å². The molecule has 2 heterocycles. The van der Waals surface area contributed by atoms with Crippen LogP contribution < -0.4 is 0 Å². The minimum atomic E-state index is -3.53. The van der Waals surface area contributed by atoms with Crippen molar-refractivity contribution in [1.29, 1.82) is 0 Å². The summed E-state index contributed by atoms with van der Waals surface area (Å²) in [6, 6.07) is 11.8. The lowest BCUT2D eigenvalue weighted by Crippen LogP contribution is -2.40. The normalized spacial score (nSPS) is 15.6. The van der Waals surface area contributed by atoms with E-state index < -0.39 is 10.0 Å². The van der Waals surface area contributed by atoms with E-state index in [0.29, 0.717) is 31.2 Å². The number of thioether (sulfide) groups is 1. The van der Waals surface area contributed by atoms with Crippen LogP contribution in [0.4, 0.5) is 0 Å². The molecule has 2 aromatic carbocycles. The van der Waals surface area contributed by atoms with Crippen molar-refractivity contribution in [3.05, 3.63) is 53.3 Å². The highest BCUT2D eigenvalue weighted by Gasteiger charge is 2.27. The van der Waals surface area contributed by atoms with E-state index in [1.165, 1.54) is 20.3 Å². The number of fused-ring (bicyclic) bond motifs is 1. The predicted molar refractivity (Wildman–Crippen MR) is 125 cm³/mol. The minimum Gasteiger partial charge on any atom is -0.379 e. The van der Waals surface area contributed by atoms with E-state index in [1.807, 2.05) is 6.07 Å². The van der Waals surface area contributed by atoms with Crippen LogP contribution in [0.5, 0.6) is 0 Å². The molecular weight excluding hydrogens is 430 g/mol. The third-order valence-corrected chi connectivity index (χ3v) is 8.58. The van der Waals surface area contributed by atoms with Crippen LogP contribution in [0.2, 0.25) is 0 Å². The van der Waals surface area contributed by atoms with Gasteiger partial charge in [0, 0.05) is 24.5 Å². The molecule has 8 heteroatoms. The van der Waals surface area contributed by atoms with E-state index >= 15 is 0 Å². The zero-order valence-electron chi connectivity index (χ0n) is 18.3. The fourth-order valence-corrected chi connectivity index (χ4v) is 6.16. The molecule has 1 saturated heterocycles.